The third-order valence-electron chi connectivity index (χ3n) is 2.66. The number of hydrogen-bond donors (Lipinski definition) is 3. The lowest BCUT2D eigenvalue weighted by Crippen LogP contribution is -2.29. The van der Waals surface area contributed by atoms with E-state index in [1.54, 1.807) is 6.92 Å². The molecule has 5 nitrogen and oxygen atoms in total. The first kappa shape index (κ1) is 14.9. The van der Waals surface area contributed by atoms with Crippen LogP contribution in [0.4, 0.5) is 0 Å². The summed E-state index contributed by atoms with van der Waals surface area (Å²) in [6.45, 7) is 2.07. The van der Waals surface area contributed by atoms with Gasteiger partial charge in [0.15, 0.2) is 0 Å². The summed E-state index contributed by atoms with van der Waals surface area (Å²) in [4.78, 5) is 21.5. The van der Waals surface area contributed by atoms with E-state index in [1.807, 2.05) is 30.3 Å². The Bertz CT molecular complexity index is 456. The van der Waals surface area contributed by atoms with Gasteiger partial charge in [0.25, 0.3) is 0 Å². The fraction of sp³-hybridized carbons (Fsp3) is 0.286. The van der Waals surface area contributed by atoms with Crippen LogP contribution in [0.15, 0.2) is 42.5 Å². The molecule has 0 spiro atoms. The van der Waals surface area contributed by atoms with Crippen molar-refractivity contribution in [1.82, 2.24) is 5.32 Å². The Balaban J connectivity index is 2.45. The van der Waals surface area contributed by atoms with Gasteiger partial charge in [0.2, 0.25) is 5.91 Å². The number of nitrogens with one attached hydrogen (secondary N) is 1. The number of carbonyl (C=O) groups excluding carboxylic acids is 1. The van der Waals surface area contributed by atoms with Gasteiger partial charge in [0.05, 0.1) is 6.10 Å². The molecule has 2 unspecified atom stereocenters. The van der Waals surface area contributed by atoms with Crippen molar-refractivity contribution in [2.24, 2.45) is 5.92 Å². The highest BCUT2D eigenvalue weighted by Gasteiger charge is 2.16. The monoisotopic (exact) mass is 263 g/mol. The number of benzene rings is 1. The highest BCUT2D eigenvalue weighted by atomic mass is 16.4. The molecule has 0 aliphatic carbocycles. The number of carboxylic acid groups (broad SMARTS) is 1. The van der Waals surface area contributed by atoms with Crippen LogP contribution >= 0.6 is 0 Å². The molecular formula is C14H17NO4. The maximum absolute atomic E-state index is 11.3. The molecule has 1 aromatic carbocycles. The molecule has 0 aromatic heterocycles. The molecule has 1 aromatic rings. The van der Waals surface area contributed by atoms with Crippen molar-refractivity contribution < 1.29 is 19.8 Å². The van der Waals surface area contributed by atoms with Gasteiger partial charge in [-0.2, -0.15) is 0 Å². The zero-order chi connectivity index (χ0) is 14.3. The maximum atomic E-state index is 11.3. The molecule has 0 bridgehead atoms. The van der Waals surface area contributed by atoms with E-state index in [1.165, 1.54) is 0 Å². The molecule has 19 heavy (non-hydrogen) atoms. The predicted octanol–water partition coefficient (Wildman–Crippen LogP) is 1.11. The largest absolute Gasteiger partial charge is 0.478 e. The lowest BCUT2D eigenvalue weighted by molar-refractivity contribution is -0.131. The van der Waals surface area contributed by atoms with Gasteiger partial charge in [-0.25, -0.2) is 4.79 Å². The number of rotatable bonds is 6. The normalized spacial score (nSPS) is 14.0. The number of carboxylic acids is 1. The quantitative estimate of drug-likeness (QED) is 0.671. The predicted molar refractivity (Wildman–Crippen MR) is 70.4 cm³/mol. The van der Waals surface area contributed by atoms with E-state index >= 15 is 0 Å². The Morgan fingerprint density at radius 1 is 1.26 bits per heavy atom. The molecule has 5 heteroatoms. The number of aliphatic hydroxyl groups is 1. The lowest BCUT2D eigenvalue weighted by atomic mass is 9.97. The third-order valence-corrected chi connectivity index (χ3v) is 2.66. The van der Waals surface area contributed by atoms with Crippen LogP contribution in [-0.2, 0) is 9.59 Å². The van der Waals surface area contributed by atoms with E-state index in [0.717, 1.165) is 17.7 Å². The number of carbonyl (C=O) groups is 2. The standard InChI is InChI=1S/C14H17NO4/c1-10(9-15-12(16)7-8-13(17)18)14(19)11-5-3-2-4-6-11/h2-8,10,14,19H,9H2,1H3,(H,15,16)(H,17,18). The summed E-state index contributed by atoms with van der Waals surface area (Å²) in [5, 5.41) is 21.0. The van der Waals surface area contributed by atoms with E-state index in [2.05, 4.69) is 5.32 Å². The first-order valence-electron chi connectivity index (χ1n) is 5.92. The minimum absolute atomic E-state index is 0.176. The van der Waals surface area contributed by atoms with Crippen molar-refractivity contribution >= 4 is 11.9 Å². The van der Waals surface area contributed by atoms with E-state index in [9.17, 15) is 14.7 Å². The van der Waals surface area contributed by atoms with Crippen molar-refractivity contribution in [3.05, 3.63) is 48.0 Å². The van der Waals surface area contributed by atoms with Gasteiger partial charge < -0.3 is 15.5 Å². The second kappa shape index (κ2) is 7.33. The minimum atomic E-state index is -1.17. The molecule has 0 radical (unpaired) electrons. The van der Waals surface area contributed by atoms with Gasteiger partial charge in [0.1, 0.15) is 0 Å². The average molecular weight is 263 g/mol. The smallest absolute Gasteiger partial charge is 0.328 e. The van der Waals surface area contributed by atoms with Gasteiger partial charge in [-0.3, -0.25) is 4.79 Å². The molecule has 2 atom stereocenters. The zero-order valence-corrected chi connectivity index (χ0v) is 10.6. The summed E-state index contributed by atoms with van der Waals surface area (Å²) in [7, 11) is 0. The summed E-state index contributed by atoms with van der Waals surface area (Å²) in [6, 6.07) is 9.15. The Labute approximate surface area is 111 Å². The summed E-state index contributed by atoms with van der Waals surface area (Å²) in [5.74, 6) is -1.84. The Kier molecular flexibility index (Phi) is 5.75. The molecule has 0 saturated carbocycles. The number of hydrogen-bond acceptors (Lipinski definition) is 3. The molecule has 0 saturated heterocycles. The van der Waals surface area contributed by atoms with E-state index in [4.69, 9.17) is 5.11 Å². The fourth-order valence-corrected chi connectivity index (χ4v) is 1.56. The van der Waals surface area contributed by atoms with Gasteiger partial charge in [-0.05, 0) is 5.56 Å². The van der Waals surface area contributed by atoms with E-state index in [-0.39, 0.29) is 12.5 Å². The summed E-state index contributed by atoms with van der Waals surface area (Å²) in [5.41, 5.74) is 0.783. The topological polar surface area (TPSA) is 86.6 Å². The highest BCUT2D eigenvalue weighted by molar-refractivity contribution is 5.93. The first-order chi connectivity index (χ1) is 9.00. The first-order valence-corrected chi connectivity index (χ1v) is 5.92. The van der Waals surface area contributed by atoms with Gasteiger partial charge in [-0.1, -0.05) is 37.3 Å². The van der Waals surface area contributed by atoms with Gasteiger partial charge in [0, 0.05) is 24.6 Å². The fourth-order valence-electron chi connectivity index (χ4n) is 1.56. The van der Waals surface area contributed by atoms with Crippen LogP contribution in [0.3, 0.4) is 0 Å². The summed E-state index contributed by atoms with van der Waals surface area (Å²) in [6.07, 6.45) is 1.04. The molecule has 1 amide bonds. The molecule has 1 rings (SSSR count). The van der Waals surface area contributed by atoms with Crippen LogP contribution in [0.1, 0.15) is 18.6 Å². The van der Waals surface area contributed by atoms with Crippen molar-refractivity contribution in [3.8, 4) is 0 Å². The molecule has 0 fully saturated rings. The lowest BCUT2D eigenvalue weighted by Gasteiger charge is -2.19. The number of amides is 1. The van der Waals surface area contributed by atoms with Gasteiger partial charge in [-0.15, -0.1) is 0 Å². The van der Waals surface area contributed by atoms with Crippen LogP contribution in [-0.4, -0.2) is 28.6 Å². The van der Waals surface area contributed by atoms with E-state index in [0.29, 0.717) is 0 Å². The molecule has 0 aliphatic heterocycles. The highest BCUT2D eigenvalue weighted by Crippen LogP contribution is 2.20. The maximum Gasteiger partial charge on any atom is 0.328 e. The van der Waals surface area contributed by atoms with Gasteiger partial charge >= 0.3 is 5.97 Å². The van der Waals surface area contributed by atoms with Crippen LogP contribution in [0.5, 0.6) is 0 Å². The average Bonchev–Trinajstić information content (AvgIpc) is 2.42. The molecule has 0 aliphatic rings. The van der Waals surface area contributed by atoms with E-state index < -0.39 is 18.0 Å². The summed E-state index contributed by atoms with van der Waals surface area (Å²) >= 11 is 0. The Hall–Kier alpha value is -2.14. The Morgan fingerprint density at radius 3 is 2.47 bits per heavy atom. The SMILES string of the molecule is CC(CNC(=O)C=CC(=O)O)C(O)c1ccccc1. The zero-order valence-electron chi connectivity index (χ0n) is 10.6. The van der Waals surface area contributed by atoms with Crippen LogP contribution < -0.4 is 5.32 Å². The molecule has 102 valence electrons. The third kappa shape index (κ3) is 5.35. The summed E-state index contributed by atoms with van der Waals surface area (Å²) < 4.78 is 0. The molecule has 0 heterocycles. The van der Waals surface area contributed by atoms with Crippen molar-refractivity contribution in [2.75, 3.05) is 6.54 Å². The number of aliphatic hydroxyl groups excluding tert-OH is 1. The second-order valence-electron chi connectivity index (χ2n) is 4.25. The Morgan fingerprint density at radius 2 is 1.89 bits per heavy atom. The van der Waals surface area contributed by atoms with Crippen LogP contribution in [0, 0.1) is 5.92 Å². The van der Waals surface area contributed by atoms with Crippen molar-refractivity contribution in [3.63, 3.8) is 0 Å². The minimum Gasteiger partial charge on any atom is -0.478 e. The van der Waals surface area contributed by atoms with Crippen LogP contribution in [0.2, 0.25) is 0 Å². The second-order valence-corrected chi connectivity index (χ2v) is 4.25. The van der Waals surface area contributed by atoms with Crippen LogP contribution in [0.25, 0.3) is 0 Å². The van der Waals surface area contributed by atoms with Crippen molar-refractivity contribution in [2.45, 2.75) is 13.0 Å². The van der Waals surface area contributed by atoms with Crippen molar-refractivity contribution in [1.29, 1.82) is 0 Å². The number of aliphatic carboxylic acids is 1. The molecule has 3 N–H and O–H groups in total. The molecular weight excluding hydrogens is 246 g/mol.